The molecule has 2 heterocycles. The van der Waals surface area contributed by atoms with Gasteiger partial charge in [0.1, 0.15) is 5.69 Å². The summed E-state index contributed by atoms with van der Waals surface area (Å²) >= 11 is 1.69. The molecule has 0 amide bonds. The van der Waals surface area contributed by atoms with Gasteiger partial charge in [-0.2, -0.15) is 0 Å². The number of nitrogens with zero attached hydrogens (tertiary/aromatic N) is 3. The smallest absolute Gasteiger partial charge is 0.167 e. The van der Waals surface area contributed by atoms with E-state index < -0.39 is 0 Å². The Hall–Kier alpha value is -1.75. The number of hydrogen-bond acceptors (Lipinski definition) is 4. The number of amidine groups is 1. The van der Waals surface area contributed by atoms with Crippen molar-refractivity contribution in [1.29, 1.82) is 0 Å². The van der Waals surface area contributed by atoms with Gasteiger partial charge in [-0.15, -0.1) is 0 Å². The van der Waals surface area contributed by atoms with E-state index in [-0.39, 0.29) is 6.04 Å². The number of aromatic nitrogens is 1. The highest BCUT2D eigenvalue weighted by atomic mass is 32.2. The van der Waals surface area contributed by atoms with Crippen LogP contribution in [0, 0.1) is 0 Å². The largest absolute Gasteiger partial charge is 0.356 e. The van der Waals surface area contributed by atoms with Crippen LogP contribution < -0.4 is 0 Å². The van der Waals surface area contributed by atoms with E-state index >= 15 is 0 Å². The monoisotopic (exact) mass is 301 g/mol. The van der Waals surface area contributed by atoms with Gasteiger partial charge in [0.15, 0.2) is 10.9 Å². The molecule has 1 saturated heterocycles. The molecule has 2 aromatic rings. The van der Waals surface area contributed by atoms with Crippen molar-refractivity contribution in [1.82, 2.24) is 10.1 Å². The van der Waals surface area contributed by atoms with Crippen molar-refractivity contribution in [2.45, 2.75) is 18.9 Å². The fourth-order valence-corrected chi connectivity index (χ4v) is 3.46. The molecule has 1 aromatic carbocycles. The first-order valence-corrected chi connectivity index (χ1v) is 8.35. The average molecular weight is 301 g/mol. The number of thioether (sulfide) groups is 1. The molecule has 1 aromatic heterocycles. The molecule has 21 heavy (non-hydrogen) atoms. The molecule has 0 unspecified atom stereocenters. The number of likely N-dealkylation sites (tertiary alicyclic amines) is 1. The van der Waals surface area contributed by atoms with Gasteiger partial charge in [-0.1, -0.05) is 47.3 Å². The Morgan fingerprint density at radius 2 is 2.19 bits per heavy atom. The van der Waals surface area contributed by atoms with Crippen LogP contribution in [-0.4, -0.2) is 35.1 Å². The Morgan fingerprint density at radius 3 is 2.90 bits per heavy atom. The summed E-state index contributed by atoms with van der Waals surface area (Å²) in [6.45, 7) is 1.03. The molecule has 0 radical (unpaired) electrons. The Bertz CT molecular complexity index is 623. The van der Waals surface area contributed by atoms with Crippen LogP contribution in [0.25, 0.3) is 11.3 Å². The molecule has 1 aliphatic rings. The summed E-state index contributed by atoms with van der Waals surface area (Å²) in [7, 11) is 1.85. The molecule has 110 valence electrons. The second kappa shape index (κ2) is 6.35. The van der Waals surface area contributed by atoms with Crippen molar-refractivity contribution in [3.63, 3.8) is 0 Å². The molecule has 1 atom stereocenters. The van der Waals surface area contributed by atoms with Crippen molar-refractivity contribution in [3.8, 4) is 11.3 Å². The Labute approximate surface area is 129 Å². The summed E-state index contributed by atoms with van der Waals surface area (Å²) in [6.07, 6.45) is 4.33. The number of hydrogen-bond donors (Lipinski definition) is 0. The predicted molar refractivity (Wildman–Crippen MR) is 87.5 cm³/mol. The fourth-order valence-electron chi connectivity index (χ4n) is 2.82. The van der Waals surface area contributed by atoms with Crippen LogP contribution >= 0.6 is 11.8 Å². The van der Waals surface area contributed by atoms with Gasteiger partial charge >= 0.3 is 0 Å². The normalized spacial score (nSPS) is 19.2. The summed E-state index contributed by atoms with van der Waals surface area (Å²) in [5.41, 5.74) is 2.07. The summed E-state index contributed by atoms with van der Waals surface area (Å²) < 4.78 is 5.54. The minimum Gasteiger partial charge on any atom is -0.356 e. The van der Waals surface area contributed by atoms with E-state index in [0.717, 1.165) is 41.6 Å². The maximum absolute atomic E-state index is 5.54. The first-order valence-electron chi connectivity index (χ1n) is 7.13. The lowest BCUT2D eigenvalue weighted by molar-refractivity contribution is 0.362. The number of aliphatic imine (C=N–C) groups is 1. The van der Waals surface area contributed by atoms with Crippen LogP contribution in [0.1, 0.15) is 24.6 Å². The molecular weight excluding hydrogens is 282 g/mol. The molecule has 0 saturated carbocycles. The van der Waals surface area contributed by atoms with Crippen LogP contribution in [0.4, 0.5) is 0 Å². The Kier molecular flexibility index (Phi) is 4.29. The highest BCUT2D eigenvalue weighted by Crippen LogP contribution is 2.35. The van der Waals surface area contributed by atoms with E-state index in [9.17, 15) is 0 Å². The molecular formula is C16H19N3OS. The SMILES string of the molecule is CN=C(SC)N1CCC[C@@H]1c1cc(-c2ccccc2)on1. The minimum atomic E-state index is 0.275. The molecule has 0 aliphatic carbocycles. The molecule has 5 heteroatoms. The van der Waals surface area contributed by atoms with Crippen LogP contribution in [0.3, 0.4) is 0 Å². The van der Waals surface area contributed by atoms with Gasteiger partial charge in [-0.25, -0.2) is 0 Å². The fraction of sp³-hybridized carbons (Fsp3) is 0.375. The van der Waals surface area contributed by atoms with Gasteiger partial charge < -0.3 is 9.42 Å². The Balaban J connectivity index is 1.86. The number of rotatable bonds is 2. The predicted octanol–water partition coefficient (Wildman–Crippen LogP) is 3.83. The summed E-state index contributed by atoms with van der Waals surface area (Å²) in [5, 5.41) is 5.37. The van der Waals surface area contributed by atoms with Gasteiger partial charge in [-0.3, -0.25) is 4.99 Å². The standard InChI is InChI=1S/C16H19N3OS/c1-17-16(21-2)19-10-6-9-14(19)13-11-15(20-18-13)12-7-4-3-5-8-12/h3-5,7-8,11,14H,6,9-10H2,1-2H3/t14-/m1/s1. The lowest BCUT2D eigenvalue weighted by Crippen LogP contribution is -2.28. The molecule has 3 rings (SSSR count). The molecule has 1 aliphatic heterocycles. The Morgan fingerprint density at radius 1 is 1.38 bits per heavy atom. The van der Waals surface area contributed by atoms with E-state index in [2.05, 4.69) is 27.4 Å². The maximum atomic E-state index is 5.54. The topological polar surface area (TPSA) is 41.6 Å². The number of benzene rings is 1. The lowest BCUT2D eigenvalue weighted by atomic mass is 10.1. The third-order valence-corrected chi connectivity index (χ3v) is 4.58. The van der Waals surface area contributed by atoms with Gasteiger partial charge in [-0.05, 0) is 19.1 Å². The van der Waals surface area contributed by atoms with Crippen molar-refractivity contribution in [2.24, 2.45) is 4.99 Å². The van der Waals surface area contributed by atoms with E-state index in [0.29, 0.717) is 0 Å². The van der Waals surface area contributed by atoms with Crippen LogP contribution in [0.5, 0.6) is 0 Å². The second-order valence-electron chi connectivity index (χ2n) is 5.04. The van der Waals surface area contributed by atoms with E-state index in [1.54, 1.807) is 11.8 Å². The minimum absolute atomic E-state index is 0.275. The van der Waals surface area contributed by atoms with E-state index in [4.69, 9.17) is 4.52 Å². The van der Waals surface area contributed by atoms with Gasteiger partial charge in [0.05, 0.1) is 6.04 Å². The highest BCUT2D eigenvalue weighted by Gasteiger charge is 2.30. The van der Waals surface area contributed by atoms with Gasteiger partial charge in [0.2, 0.25) is 0 Å². The summed E-state index contributed by atoms with van der Waals surface area (Å²) in [5.74, 6) is 0.830. The first kappa shape index (κ1) is 14.2. The molecule has 1 fully saturated rings. The summed E-state index contributed by atoms with van der Waals surface area (Å²) in [6, 6.07) is 12.4. The van der Waals surface area contributed by atoms with Crippen molar-refractivity contribution >= 4 is 16.9 Å². The summed E-state index contributed by atoms with van der Waals surface area (Å²) in [4.78, 5) is 6.71. The molecule has 0 bridgehead atoms. The third-order valence-electron chi connectivity index (χ3n) is 3.80. The zero-order valence-electron chi connectivity index (χ0n) is 12.3. The zero-order chi connectivity index (χ0) is 14.7. The highest BCUT2D eigenvalue weighted by molar-refractivity contribution is 8.13. The maximum Gasteiger partial charge on any atom is 0.167 e. The van der Waals surface area contributed by atoms with E-state index in [1.807, 2.05) is 37.4 Å². The van der Waals surface area contributed by atoms with Gasteiger partial charge in [0.25, 0.3) is 0 Å². The van der Waals surface area contributed by atoms with Crippen LogP contribution in [0.15, 0.2) is 45.9 Å². The quantitative estimate of drug-likeness (QED) is 0.624. The zero-order valence-corrected chi connectivity index (χ0v) is 13.1. The molecule has 4 nitrogen and oxygen atoms in total. The molecule has 0 N–H and O–H groups in total. The van der Waals surface area contributed by atoms with Crippen LogP contribution in [-0.2, 0) is 0 Å². The van der Waals surface area contributed by atoms with Crippen molar-refractivity contribution in [3.05, 3.63) is 42.1 Å². The van der Waals surface area contributed by atoms with E-state index in [1.165, 1.54) is 0 Å². The van der Waals surface area contributed by atoms with Gasteiger partial charge in [0, 0.05) is 25.2 Å². The van der Waals surface area contributed by atoms with Crippen molar-refractivity contribution in [2.75, 3.05) is 19.8 Å². The first-order chi connectivity index (χ1) is 10.3. The average Bonchev–Trinajstić information content (AvgIpc) is 3.18. The second-order valence-corrected chi connectivity index (χ2v) is 5.82. The lowest BCUT2D eigenvalue weighted by Gasteiger charge is -2.24. The van der Waals surface area contributed by atoms with Crippen LogP contribution in [0.2, 0.25) is 0 Å². The molecule has 0 spiro atoms. The third kappa shape index (κ3) is 2.83. The van der Waals surface area contributed by atoms with Crippen molar-refractivity contribution < 1.29 is 4.52 Å².